The summed E-state index contributed by atoms with van der Waals surface area (Å²) in [7, 11) is 0. The van der Waals surface area contributed by atoms with Gasteiger partial charge in [0.05, 0.1) is 12.1 Å². The van der Waals surface area contributed by atoms with E-state index in [0.29, 0.717) is 17.4 Å². The van der Waals surface area contributed by atoms with Crippen molar-refractivity contribution in [1.82, 2.24) is 5.32 Å². The standard InChI is InChI=1S/C20H23FN2OS/c1-2-24-18-10-8-15(9-11-18)20(12-3-4-13-20)23-19(25)22-17-7-5-6-16(21)14-17/h5-11,14H,2-4,12-13H2,1H3,(H2,22,23,25). The van der Waals surface area contributed by atoms with Gasteiger partial charge in [-0.05, 0) is 67.9 Å². The first kappa shape index (κ1) is 17.7. The van der Waals surface area contributed by atoms with Crippen LogP contribution in [0.3, 0.4) is 0 Å². The fourth-order valence-corrected chi connectivity index (χ4v) is 3.76. The summed E-state index contributed by atoms with van der Waals surface area (Å²) in [6.07, 6.45) is 4.35. The van der Waals surface area contributed by atoms with E-state index in [1.165, 1.54) is 17.7 Å². The summed E-state index contributed by atoms with van der Waals surface area (Å²) in [5.41, 5.74) is 1.68. The first-order valence-electron chi connectivity index (χ1n) is 8.69. The van der Waals surface area contributed by atoms with Crippen LogP contribution in [0.5, 0.6) is 5.75 Å². The lowest BCUT2D eigenvalue weighted by atomic mass is 9.88. The number of halogens is 1. The molecule has 1 aliphatic carbocycles. The van der Waals surface area contributed by atoms with E-state index < -0.39 is 0 Å². The molecule has 0 spiro atoms. The Morgan fingerprint density at radius 1 is 1.16 bits per heavy atom. The summed E-state index contributed by atoms with van der Waals surface area (Å²) >= 11 is 5.49. The van der Waals surface area contributed by atoms with Crippen LogP contribution in [0.25, 0.3) is 0 Å². The van der Waals surface area contributed by atoms with Crippen LogP contribution < -0.4 is 15.4 Å². The van der Waals surface area contributed by atoms with Crippen LogP contribution in [0.15, 0.2) is 48.5 Å². The van der Waals surface area contributed by atoms with Crippen molar-refractivity contribution < 1.29 is 9.13 Å². The SMILES string of the molecule is CCOc1ccc(C2(NC(=S)Nc3cccc(F)c3)CCCC2)cc1. The van der Waals surface area contributed by atoms with Crippen molar-refractivity contribution in [1.29, 1.82) is 0 Å². The molecule has 1 aliphatic rings. The quantitative estimate of drug-likeness (QED) is 0.739. The summed E-state index contributed by atoms with van der Waals surface area (Å²) in [5, 5.41) is 7.09. The van der Waals surface area contributed by atoms with E-state index in [1.807, 2.05) is 19.1 Å². The monoisotopic (exact) mass is 358 g/mol. The van der Waals surface area contributed by atoms with Crippen LogP contribution in [-0.2, 0) is 5.54 Å². The highest BCUT2D eigenvalue weighted by atomic mass is 32.1. The van der Waals surface area contributed by atoms with Crippen molar-refractivity contribution in [3.8, 4) is 5.75 Å². The number of thiocarbonyl (C=S) groups is 1. The Bertz CT molecular complexity index is 727. The average molecular weight is 358 g/mol. The second kappa shape index (κ2) is 7.83. The van der Waals surface area contributed by atoms with Gasteiger partial charge in [-0.3, -0.25) is 0 Å². The van der Waals surface area contributed by atoms with Crippen molar-refractivity contribution in [2.45, 2.75) is 38.1 Å². The number of hydrogen-bond acceptors (Lipinski definition) is 2. The largest absolute Gasteiger partial charge is 0.494 e. The van der Waals surface area contributed by atoms with Gasteiger partial charge in [-0.15, -0.1) is 0 Å². The third kappa shape index (κ3) is 4.28. The van der Waals surface area contributed by atoms with Crippen molar-refractivity contribution in [3.05, 3.63) is 59.9 Å². The maximum atomic E-state index is 13.3. The Labute approximate surface area is 153 Å². The fraction of sp³-hybridized carbons (Fsp3) is 0.350. The molecule has 0 radical (unpaired) electrons. The number of benzene rings is 2. The molecule has 25 heavy (non-hydrogen) atoms. The van der Waals surface area contributed by atoms with Crippen LogP contribution in [0, 0.1) is 5.82 Å². The van der Waals surface area contributed by atoms with E-state index in [-0.39, 0.29) is 11.4 Å². The Kier molecular flexibility index (Phi) is 5.53. The smallest absolute Gasteiger partial charge is 0.171 e. The molecule has 2 N–H and O–H groups in total. The molecule has 1 fully saturated rings. The second-order valence-corrected chi connectivity index (χ2v) is 6.74. The third-order valence-corrected chi connectivity index (χ3v) is 4.81. The van der Waals surface area contributed by atoms with E-state index in [0.717, 1.165) is 31.4 Å². The molecule has 0 amide bonds. The topological polar surface area (TPSA) is 33.3 Å². The molecular weight excluding hydrogens is 335 g/mol. The van der Waals surface area contributed by atoms with E-state index in [2.05, 4.69) is 22.8 Å². The molecule has 3 nitrogen and oxygen atoms in total. The Hall–Kier alpha value is -2.14. The fourth-order valence-electron chi connectivity index (χ4n) is 3.45. The molecule has 0 aromatic heterocycles. The van der Waals surface area contributed by atoms with Crippen molar-refractivity contribution >= 4 is 23.0 Å². The predicted molar refractivity (Wildman–Crippen MR) is 104 cm³/mol. The number of hydrogen-bond donors (Lipinski definition) is 2. The highest BCUT2D eigenvalue weighted by Gasteiger charge is 2.36. The molecule has 5 heteroatoms. The normalized spacial score (nSPS) is 15.6. The molecule has 0 saturated heterocycles. The summed E-state index contributed by atoms with van der Waals surface area (Å²) in [6.45, 7) is 2.63. The van der Waals surface area contributed by atoms with E-state index >= 15 is 0 Å². The van der Waals surface area contributed by atoms with Crippen LogP contribution in [-0.4, -0.2) is 11.7 Å². The highest BCUT2D eigenvalue weighted by Crippen LogP contribution is 2.39. The molecule has 0 unspecified atom stereocenters. The molecule has 0 atom stereocenters. The Morgan fingerprint density at radius 2 is 1.88 bits per heavy atom. The average Bonchev–Trinajstić information content (AvgIpc) is 3.05. The first-order chi connectivity index (χ1) is 12.1. The van der Waals surface area contributed by atoms with Gasteiger partial charge in [0.15, 0.2) is 5.11 Å². The lowest BCUT2D eigenvalue weighted by molar-refractivity contribution is 0.339. The molecule has 0 aliphatic heterocycles. The summed E-state index contributed by atoms with van der Waals surface area (Å²) in [4.78, 5) is 0. The van der Waals surface area contributed by atoms with Crippen LogP contribution in [0.1, 0.15) is 38.2 Å². The van der Waals surface area contributed by atoms with E-state index in [1.54, 1.807) is 12.1 Å². The zero-order chi connectivity index (χ0) is 17.7. The van der Waals surface area contributed by atoms with E-state index in [4.69, 9.17) is 17.0 Å². The summed E-state index contributed by atoms with van der Waals surface area (Å²) in [5.74, 6) is 0.592. The minimum atomic E-state index is -0.283. The van der Waals surface area contributed by atoms with Crippen molar-refractivity contribution in [2.75, 3.05) is 11.9 Å². The molecule has 132 valence electrons. The van der Waals surface area contributed by atoms with Gasteiger partial charge in [-0.1, -0.05) is 31.0 Å². The number of ether oxygens (including phenoxy) is 1. The predicted octanol–water partition coefficient (Wildman–Crippen LogP) is 4.98. The van der Waals surface area contributed by atoms with Gasteiger partial charge in [0.1, 0.15) is 11.6 Å². The van der Waals surface area contributed by atoms with Crippen LogP contribution >= 0.6 is 12.2 Å². The zero-order valence-electron chi connectivity index (χ0n) is 14.3. The summed E-state index contributed by atoms with van der Waals surface area (Å²) < 4.78 is 18.9. The molecule has 0 heterocycles. The minimum Gasteiger partial charge on any atom is -0.494 e. The minimum absolute atomic E-state index is 0.178. The van der Waals surface area contributed by atoms with Crippen LogP contribution in [0.4, 0.5) is 10.1 Å². The lowest BCUT2D eigenvalue weighted by Crippen LogP contribution is -2.45. The maximum absolute atomic E-state index is 13.3. The lowest BCUT2D eigenvalue weighted by Gasteiger charge is -2.32. The number of rotatable bonds is 5. The Balaban J connectivity index is 1.74. The van der Waals surface area contributed by atoms with Gasteiger partial charge in [-0.25, -0.2) is 4.39 Å². The maximum Gasteiger partial charge on any atom is 0.171 e. The molecule has 1 saturated carbocycles. The second-order valence-electron chi connectivity index (χ2n) is 6.34. The first-order valence-corrected chi connectivity index (χ1v) is 9.10. The number of nitrogens with one attached hydrogen (secondary N) is 2. The van der Waals surface area contributed by atoms with E-state index in [9.17, 15) is 4.39 Å². The van der Waals surface area contributed by atoms with Gasteiger partial charge in [0.2, 0.25) is 0 Å². The van der Waals surface area contributed by atoms with Gasteiger partial charge in [-0.2, -0.15) is 0 Å². The third-order valence-electron chi connectivity index (χ3n) is 4.61. The molecule has 0 bridgehead atoms. The molecule has 2 aromatic rings. The van der Waals surface area contributed by atoms with Gasteiger partial charge in [0.25, 0.3) is 0 Å². The van der Waals surface area contributed by atoms with Gasteiger partial charge >= 0.3 is 0 Å². The summed E-state index contributed by atoms with van der Waals surface area (Å²) in [6, 6.07) is 14.5. The number of anilines is 1. The van der Waals surface area contributed by atoms with Crippen molar-refractivity contribution in [3.63, 3.8) is 0 Å². The van der Waals surface area contributed by atoms with Gasteiger partial charge in [0, 0.05) is 5.69 Å². The molecule has 3 rings (SSSR count). The molecular formula is C20H23FN2OS. The van der Waals surface area contributed by atoms with Crippen LogP contribution in [0.2, 0.25) is 0 Å². The van der Waals surface area contributed by atoms with Crippen molar-refractivity contribution in [2.24, 2.45) is 0 Å². The van der Waals surface area contributed by atoms with Gasteiger partial charge < -0.3 is 15.4 Å². The zero-order valence-corrected chi connectivity index (χ0v) is 15.2. The molecule has 2 aromatic carbocycles. The Morgan fingerprint density at radius 3 is 2.52 bits per heavy atom. The highest BCUT2D eigenvalue weighted by molar-refractivity contribution is 7.80.